The molecule has 0 fully saturated rings. The van der Waals surface area contributed by atoms with Gasteiger partial charge in [-0.1, -0.05) is 47.5 Å². The van der Waals surface area contributed by atoms with E-state index in [4.69, 9.17) is 0 Å². The third-order valence-corrected chi connectivity index (χ3v) is 6.27. The fourth-order valence-electron chi connectivity index (χ4n) is 3.30. The number of nitrogens with zero attached hydrogens (tertiary/aromatic N) is 1. The average molecular weight is 363 g/mol. The van der Waals surface area contributed by atoms with E-state index in [9.17, 15) is 13.2 Å². The molecular formula is C21H17NO3S. The molecule has 0 N–H and O–H groups in total. The number of anilines is 1. The zero-order chi connectivity index (χ0) is 18.5. The summed E-state index contributed by atoms with van der Waals surface area (Å²) < 4.78 is 27.4. The van der Waals surface area contributed by atoms with Gasteiger partial charge in [-0.3, -0.25) is 4.79 Å². The van der Waals surface area contributed by atoms with Crippen molar-refractivity contribution in [1.29, 1.82) is 0 Å². The van der Waals surface area contributed by atoms with Crippen LogP contribution in [0, 0.1) is 13.8 Å². The van der Waals surface area contributed by atoms with Gasteiger partial charge in [0.15, 0.2) is 0 Å². The summed E-state index contributed by atoms with van der Waals surface area (Å²) in [6.45, 7) is 3.81. The van der Waals surface area contributed by atoms with Crippen molar-refractivity contribution in [2.75, 3.05) is 4.31 Å². The summed E-state index contributed by atoms with van der Waals surface area (Å²) in [5, 5.41) is 0. The number of carbonyl (C=O) groups is 1. The molecule has 0 atom stereocenters. The Morgan fingerprint density at radius 3 is 2.31 bits per heavy atom. The third-order valence-electron chi connectivity index (χ3n) is 4.52. The van der Waals surface area contributed by atoms with Crippen molar-refractivity contribution < 1.29 is 13.2 Å². The standard InChI is InChI=1S/C21H17NO3S/c1-14-6-5-7-16(12-14)21(23)22-19-11-10-15(2)13-18(19)17-8-3-4-9-20(17)26(22,24)25/h3-13H,1-2H3. The molecule has 3 aromatic carbocycles. The SMILES string of the molecule is Cc1cccc(C(=O)N2c3ccc(C)cc3-c3ccccc3S2(=O)=O)c1. The minimum atomic E-state index is -3.99. The molecule has 0 saturated heterocycles. The molecule has 3 aromatic rings. The number of hydrogen-bond donors (Lipinski definition) is 0. The van der Waals surface area contributed by atoms with Gasteiger partial charge in [0, 0.05) is 16.7 Å². The Hall–Kier alpha value is -2.92. The van der Waals surface area contributed by atoms with E-state index in [1.54, 1.807) is 48.5 Å². The van der Waals surface area contributed by atoms with Crippen LogP contribution in [0.5, 0.6) is 0 Å². The predicted octanol–water partition coefficient (Wildman–Crippen LogP) is 4.32. The van der Waals surface area contributed by atoms with Gasteiger partial charge in [-0.2, -0.15) is 4.31 Å². The minimum Gasteiger partial charge on any atom is -0.268 e. The number of hydrogen-bond acceptors (Lipinski definition) is 3. The number of aryl methyl sites for hydroxylation is 2. The first kappa shape index (κ1) is 16.5. The van der Waals surface area contributed by atoms with E-state index in [1.165, 1.54) is 0 Å². The summed E-state index contributed by atoms with van der Waals surface area (Å²) in [5.74, 6) is -0.548. The smallest absolute Gasteiger partial charge is 0.268 e. The molecule has 26 heavy (non-hydrogen) atoms. The van der Waals surface area contributed by atoms with Gasteiger partial charge in [0.05, 0.1) is 10.6 Å². The highest BCUT2D eigenvalue weighted by molar-refractivity contribution is 7.93. The van der Waals surface area contributed by atoms with Gasteiger partial charge >= 0.3 is 0 Å². The highest BCUT2D eigenvalue weighted by atomic mass is 32.2. The van der Waals surface area contributed by atoms with E-state index in [2.05, 4.69) is 0 Å². The number of sulfonamides is 1. The summed E-state index contributed by atoms with van der Waals surface area (Å²) in [6, 6.07) is 19.2. The molecule has 5 heteroatoms. The minimum absolute atomic E-state index is 0.152. The lowest BCUT2D eigenvalue weighted by atomic mass is 10.0. The summed E-state index contributed by atoms with van der Waals surface area (Å²) in [5.41, 5.74) is 4.01. The average Bonchev–Trinajstić information content (AvgIpc) is 2.62. The van der Waals surface area contributed by atoms with Gasteiger partial charge in [0.25, 0.3) is 15.9 Å². The van der Waals surface area contributed by atoms with Crippen LogP contribution in [0.4, 0.5) is 5.69 Å². The number of rotatable bonds is 1. The highest BCUT2D eigenvalue weighted by Gasteiger charge is 2.39. The van der Waals surface area contributed by atoms with Crippen LogP contribution in [-0.4, -0.2) is 14.3 Å². The van der Waals surface area contributed by atoms with E-state index in [0.29, 0.717) is 16.8 Å². The number of amides is 1. The first-order valence-electron chi connectivity index (χ1n) is 8.26. The molecule has 1 heterocycles. The zero-order valence-electron chi connectivity index (χ0n) is 14.4. The predicted molar refractivity (Wildman–Crippen MR) is 102 cm³/mol. The maximum absolute atomic E-state index is 13.3. The fourth-order valence-corrected chi connectivity index (χ4v) is 4.94. The summed E-state index contributed by atoms with van der Waals surface area (Å²) in [7, 11) is -3.99. The topological polar surface area (TPSA) is 54.5 Å². The van der Waals surface area contributed by atoms with Crippen molar-refractivity contribution in [2.24, 2.45) is 0 Å². The van der Waals surface area contributed by atoms with Crippen LogP contribution in [0.15, 0.2) is 71.6 Å². The second-order valence-corrected chi connectivity index (χ2v) is 8.22. The van der Waals surface area contributed by atoms with Crippen LogP contribution in [0.25, 0.3) is 11.1 Å². The summed E-state index contributed by atoms with van der Waals surface area (Å²) >= 11 is 0. The van der Waals surface area contributed by atoms with Crippen LogP contribution in [0.2, 0.25) is 0 Å². The Bertz CT molecular complexity index is 1150. The van der Waals surface area contributed by atoms with Crippen molar-refractivity contribution in [3.05, 3.63) is 83.4 Å². The Balaban J connectivity index is 2.00. The summed E-state index contributed by atoms with van der Waals surface area (Å²) in [4.78, 5) is 13.3. The van der Waals surface area contributed by atoms with Gasteiger partial charge in [-0.25, -0.2) is 8.42 Å². The fraction of sp³-hybridized carbons (Fsp3) is 0.0952. The second-order valence-electron chi connectivity index (χ2n) is 6.46. The highest BCUT2D eigenvalue weighted by Crippen LogP contribution is 2.43. The van der Waals surface area contributed by atoms with Gasteiger partial charge in [-0.15, -0.1) is 0 Å². The third kappa shape index (κ3) is 2.44. The molecule has 0 spiro atoms. The van der Waals surface area contributed by atoms with Crippen molar-refractivity contribution in [2.45, 2.75) is 18.7 Å². The lowest BCUT2D eigenvalue weighted by molar-refractivity contribution is 0.100. The largest absolute Gasteiger partial charge is 0.272 e. The van der Waals surface area contributed by atoms with Crippen LogP contribution in [-0.2, 0) is 10.0 Å². The van der Waals surface area contributed by atoms with Gasteiger partial charge < -0.3 is 0 Å². The molecule has 0 aromatic heterocycles. The van der Waals surface area contributed by atoms with Crippen LogP contribution < -0.4 is 4.31 Å². The number of fused-ring (bicyclic) bond motifs is 3. The molecule has 0 bridgehead atoms. The van der Waals surface area contributed by atoms with E-state index >= 15 is 0 Å². The van der Waals surface area contributed by atoms with E-state index < -0.39 is 15.9 Å². The zero-order valence-corrected chi connectivity index (χ0v) is 15.2. The van der Waals surface area contributed by atoms with Crippen LogP contribution in [0.1, 0.15) is 21.5 Å². The molecule has 1 aliphatic heterocycles. The lowest BCUT2D eigenvalue weighted by Gasteiger charge is -2.30. The Labute approximate surface area is 152 Å². The Morgan fingerprint density at radius 2 is 1.54 bits per heavy atom. The van der Waals surface area contributed by atoms with Gasteiger partial charge in [0.2, 0.25) is 0 Å². The van der Waals surface area contributed by atoms with E-state index in [1.807, 2.05) is 32.0 Å². The molecule has 0 saturated carbocycles. The first-order chi connectivity index (χ1) is 12.4. The first-order valence-corrected chi connectivity index (χ1v) is 9.70. The molecule has 1 aliphatic rings. The van der Waals surface area contributed by atoms with E-state index in [-0.39, 0.29) is 4.90 Å². The van der Waals surface area contributed by atoms with Crippen molar-refractivity contribution in [3.63, 3.8) is 0 Å². The van der Waals surface area contributed by atoms with Gasteiger partial charge in [-0.05, 0) is 44.2 Å². The maximum Gasteiger partial charge on any atom is 0.272 e. The molecular weight excluding hydrogens is 346 g/mol. The van der Waals surface area contributed by atoms with Crippen LogP contribution >= 0.6 is 0 Å². The van der Waals surface area contributed by atoms with Gasteiger partial charge in [0.1, 0.15) is 0 Å². The maximum atomic E-state index is 13.3. The molecule has 0 aliphatic carbocycles. The molecule has 4 nitrogen and oxygen atoms in total. The monoisotopic (exact) mass is 363 g/mol. The molecule has 0 unspecified atom stereocenters. The number of benzene rings is 3. The molecule has 4 rings (SSSR count). The van der Waals surface area contributed by atoms with Crippen molar-refractivity contribution in [1.82, 2.24) is 0 Å². The van der Waals surface area contributed by atoms with E-state index in [0.717, 1.165) is 21.0 Å². The molecule has 130 valence electrons. The normalized spacial score (nSPS) is 14.5. The molecule has 0 radical (unpaired) electrons. The molecule has 1 amide bonds. The second kappa shape index (κ2) is 5.81. The van der Waals surface area contributed by atoms with Crippen LogP contribution in [0.3, 0.4) is 0 Å². The number of carbonyl (C=O) groups excluding carboxylic acids is 1. The Morgan fingerprint density at radius 1 is 0.808 bits per heavy atom. The van der Waals surface area contributed by atoms with Crippen molar-refractivity contribution in [3.8, 4) is 11.1 Å². The Kier molecular flexibility index (Phi) is 3.70. The van der Waals surface area contributed by atoms with Crippen molar-refractivity contribution >= 4 is 21.6 Å². The lowest BCUT2D eigenvalue weighted by Crippen LogP contribution is -2.39. The quantitative estimate of drug-likeness (QED) is 0.647. The summed E-state index contributed by atoms with van der Waals surface area (Å²) in [6.07, 6.45) is 0.